The maximum atomic E-state index is 4.35. The van der Waals surface area contributed by atoms with Crippen LogP contribution in [0.4, 0.5) is 0 Å². The Labute approximate surface area is 77.3 Å². The summed E-state index contributed by atoms with van der Waals surface area (Å²) < 4.78 is 2.60. The molecule has 0 spiro atoms. The summed E-state index contributed by atoms with van der Waals surface area (Å²) in [6.07, 6.45) is 0. The standard InChI is InChI=1S/C9H5NS2/c1-2-7-8(10-5-12-7)9-6(1)3-4-11-9/h1-5H. The molecule has 0 aliphatic carbocycles. The van der Waals surface area contributed by atoms with Crippen molar-refractivity contribution >= 4 is 43.0 Å². The van der Waals surface area contributed by atoms with Gasteiger partial charge in [-0.15, -0.1) is 22.7 Å². The molecule has 0 saturated heterocycles. The lowest BCUT2D eigenvalue weighted by molar-refractivity contribution is 1.52. The number of hydrogen-bond acceptors (Lipinski definition) is 3. The van der Waals surface area contributed by atoms with Crippen LogP contribution in [0.2, 0.25) is 0 Å². The minimum atomic E-state index is 1.16. The monoisotopic (exact) mass is 191 g/mol. The first-order valence-corrected chi connectivity index (χ1v) is 5.40. The summed E-state index contributed by atoms with van der Waals surface area (Å²) in [6.45, 7) is 0. The first-order valence-electron chi connectivity index (χ1n) is 3.64. The Morgan fingerprint density at radius 3 is 3.08 bits per heavy atom. The van der Waals surface area contributed by atoms with Crippen LogP contribution in [0.1, 0.15) is 0 Å². The smallest absolute Gasteiger partial charge is 0.0989 e. The predicted molar refractivity (Wildman–Crippen MR) is 55.0 cm³/mol. The van der Waals surface area contributed by atoms with E-state index in [0.717, 1.165) is 5.52 Å². The molecule has 3 aromatic rings. The van der Waals surface area contributed by atoms with E-state index in [0.29, 0.717) is 0 Å². The molecule has 0 radical (unpaired) electrons. The van der Waals surface area contributed by atoms with Gasteiger partial charge in [-0.1, -0.05) is 6.07 Å². The molecule has 2 heterocycles. The molecule has 0 aliphatic heterocycles. The number of fused-ring (bicyclic) bond motifs is 3. The van der Waals surface area contributed by atoms with Crippen molar-refractivity contribution in [3.63, 3.8) is 0 Å². The summed E-state index contributed by atoms with van der Waals surface area (Å²) in [5, 5.41) is 3.42. The van der Waals surface area contributed by atoms with E-state index in [2.05, 4.69) is 28.6 Å². The Bertz CT molecular complexity index is 486. The van der Waals surface area contributed by atoms with Crippen LogP contribution in [0, 0.1) is 0 Å². The topological polar surface area (TPSA) is 12.9 Å². The van der Waals surface area contributed by atoms with Crippen molar-refractivity contribution in [2.75, 3.05) is 0 Å². The van der Waals surface area contributed by atoms with E-state index in [1.54, 1.807) is 22.7 Å². The molecule has 2 aromatic heterocycles. The molecule has 1 aromatic carbocycles. The van der Waals surface area contributed by atoms with Crippen molar-refractivity contribution in [2.45, 2.75) is 0 Å². The van der Waals surface area contributed by atoms with E-state index in [-0.39, 0.29) is 0 Å². The van der Waals surface area contributed by atoms with Crippen molar-refractivity contribution in [3.8, 4) is 0 Å². The molecule has 12 heavy (non-hydrogen) atoms. The van der Waals surface area contributed by atoms with E-state index in [4.69, 9.17) is 0 Å². The highest BCUT2D eigenvalue weighted by molar-refractivity contribution is 7.20. The maximum absolute atomic E-state index is 4.35. The fraction of sp³-hybridized carbons (Fsp3) is 0. The Morgan fingerprint density at radius 2 is 2.08 bits per heavy atom. The zero-order valence-corrected chi connectivity index (χ0v) is 7.78. The van der Waals surface area contributed by atoms with E-state index in [9.17, 15) is 0 Å². The number of hydrogen-bond donors (Lipinski definition) is 0. The number of nitrogens with zero attached hydrogens (tertiary/aromatic N) is 1. The molecule has 0 N–H and O–H groups in total. The zero-order chi connectivity index (χ0) is 7.97. The second kappa shape index (κ2) is 2.28. The lowest BCUT2D eigenvalue weighted by atomic mass is 10.2. The van der Waals surface area contributed by atoms with Gasteiger partial charge in [0.2, 0.25) is 0 Å². The highest BCUT2D eigenvalue weighted by Gasteiger charge is 2.02. The fourth-order valence-electron chi connectivity index (χ4n) is 1.35. The number of thiophene rings is 1. The lowest BCUT2D eigenvalue weighted by Crippen LogP contribution is -1.66. The largest absolute Gasteiger partial charge is 0.243 e. The normalized spacial score (nSPS) is 11.3. The van der Waals surface area contributed by atoms with Gasteiger partial charge in [0.25, 0.3) is 0 Å². The maximum Gasteiger partial charge on any atom is 0.0989 e. The fourth-order valence-corrected chi connectivity index (χ4v) is 3.00. The average Bonchev–Trinajstić information content (AvgIpc) is 2.71. The van der Waals surface area contributed by atoms with Crippen molar-refractivity contribution < 1.29 is 0 Å². The van der Waals surface area contributed by atoms with Gasteiger partial charge in [-0.3, -0.25) is 0 Å². The third-order valence-corrected chi connectivity index (χ3v) is 3.65. The summed E-state index contributed by atoms with van der Waals surface area (Å²) in [6, 6.07) is 6.44. The Hall–Kier alpha value is -0.930. The summed E-state index contributed by atoms with van der Waals surface area (Å²) >= 11 is 3.47. The third-order valence-electron chi connectivity index (χ3n) is 1.92. The minimum absolute atomic E-state index is 1.16. The first kappa shape index (κ1) is 6.57. The Kier molecular flexibility index (Phi) is 1.25. The van der Waals surface area contributed by atoms with Crippen molar-refractivity contribution in [3.05, 3.63) is 29.1 Å². The molecule has 0 fully saturated rings. The van der Waals surface area contributed by atoms with Crippen LogP contribution in [0.5, 0.6) is 0 Å². The van der Waals surface area contributed by atoms with Crippen LogP contribution in [-0.2, 0) is 0 Å². The average molecular weight is 191 g/mol. The first-order chi connectivity index (χ1) is 5.95. The Balaban J connectivity index is 2.71. The van der Waals surface area contributed by atoms with Gasteiger partial charge in [-0.2, -0.15) is 0 Å². The number of aromatic nitrogens is 1. The molecule has 3 heteroatoms. The van der Waals surface area contributed by atoms with E-state index >= 15 is 0 Å². The van der Waals surface area contributed by atoms with E-state index < -0.39 is 0 Å². The van der Waals surface area contributed by atoms with Crippen LogP contribution >= 0.6 is 22.7 Å². The van der Waals surface area contributed by atoms with E-state index in [1.807, 2.05) is 5.51 Å². The zero-order valence-electron chi connectivity index (χ0n) is 6.15. The Morgan fingerprint density at radius 1 is 1.08 bits per heavy atom. The van der Waals surface area contributed by atoms with Crippen LogP contribution in [-0.4, -0.2) is 4.98 Å². The molecule has 0 unspecified atom stereocenters. The molecular weight excluding hydrogens is 186 g/mol. The molecule has 0 amide bonds. The van der Waals surface area contributed by atoms with Crippen molar-refractivity contribution in [2.24, 2.45) is 0 Å². The summed E-state index contributed by atoms with van der Waals surface area (Å²) in [7, 11) is 0. The predicted octanol–water partition coefficient (Wildman–Crippen LogP) is 3.51. The van der Waals surface area contributed by atoms with Crippen molar-refractivity contribution in [1.29, 1.82) is 0 Å². The summed E-state index contributed by atoms with van der Waals surface area (Å²) in [5.41, 5.74) is 3.07. The molecule has 3 rings (SSSR count). The summed E-state index contributed by atoms with van der Waals surface area (Å²) in [5.74, 6) is 0. The van der Waals surface area contributed by atoms with Crippen LogP contribution in [0.25, 0.3) is 20.3 Å². The second-order valence-electron chi connectivity index (χ2n) is 2.60. The number of benzene rings is 1. The van der Waals surface area contributed by atoms with Gasteiger partial charge in [-0.25, -0.2) is 4.98 Å². The quantitative estimate of drug-likeness (QED) is 0.530. The van der Waals surface area contributed by atoms with Crippen LogP contribution in [0.15, 0.2) is 29.1 Å². The van der Waals surface area contributed by atoms with Crippen LogP contribution < -0.4 is 0 Å². The van der Waals surface area contributed by atoms with Gasteiger partial charge in [0.15, 0.2) is 0 Å². The van der Waals surface area contributed by atoms with Gasteiger partial charge in [0.1, 0.15) is 0 Å². The highest BCUT2D eigenvalue weighted by Crippen LogP contribution is 2.30. The second-order valence-corrected chi connectivity index (χ2v) is 4.41. The third kappa shape index (κ3) is 0.750. The summed E-state index contributed by atoms with van der Waals surface area (Å²) in [4.78, 5) is 4.35. The molecule has 0 bridgehead atoms. The molecule has 0 saturated carbocycles. The van der Waals surface area contributed by atoms with Gasteiger partial charge < -0.3 is 0 Å². The van der Waals surface area contributed by atoms with Crippen molar-refractivity contribution in [1.82, 2.24) is 4.98 Å². The number of rotatable bonds is 0. The highest BCUT2D eigenvalue weighted by atomic mass is 32.1. The van der Waals surface area contributed by atoms with Gasteiger partial charge >= 0.3 is 0 Å². The van der Waals surface area contributed by atoms with Crippen LogP contribution in [0.3, 0.4) is 0 Å². The minimum Gasteiger partial charge on any atom is -0.243 e. The van der Waals surface area contributed by atoms with Gasteiger partial charge in [0, 0.05) is 0 Å². The molecule has 0 atom stereocenters. The van der Waals surface area contributed by atoms with Gasteiger partial charge in [0.05, 0.1) is 20.4 Å². The molecular formula is C9H5NS2. The number of thiazole rings is 1. The van der Waals surface area contributed by atoms with E-state index in [1.165, 1.54) is 14.8 Å². The molecule has 58 valence electrons. The SMILES string of the molecule is c1nc2c(ccc3ccsc32)s1. The molecule has 0 aliphatic rings. The van der Waals surface area contributed by atoms with Gasteiger partial charge in [-0.05, 0) is 22.9 Å². The lowest BCUT2D eigenvalue weighted by Gasteiger charge is -1.88. The molecule has 1 nitrogen and oxygen atoms in total.